The van der Waals surface area contributed by atoms with E-state index in [2.05, 4.69) is 5.16 Å². The van der Waals surface area contributed by atoms with Crippen molar-refractivity contribution < 1.29 is 14.9 Å². The number of benzene rings is 1. The summed E-state index contributed by atoms with van der Waals surface area (Å²) in [7, 11) is 0. The molecule has 0 spiro atoms. The van der Waals surface area contributed by atoms with Gasteiger partial charge in [-0.25, -0.2) is 0 Å². The van der Waals surface area contributed by atoms with Gasteiger partial charge in [0, 0.05) is 22.9 Å². The van der Waals surface area contributed by atoms with E-state index >= 15 is 0 Å². The maximum atomic E-state index is 11.1. The molecule has 1 heterocycles. The SMILES string of the molecule is NC(=NO)c1ccc(OCCc2cccs2)c([N+](=O)[O-])c1. The molecule has 0 atom stereocenters. The Bertz CT molecular complexity index is 655. The average Bonchev–Trinajstić information content (AvgIpc) is 2.99. The zero-order chi connectivity index (χ0) is 15.2. The van der Waals surface area contributed by atoms with Crippen LogP contribution in [0.25, 0.3) is 0 Å². The van der Waals surface area contributed by atoms with Gasteiger partial charge in [-0.1, -0.05) is 11.2 Å². The summed E-state index contributed by atoms with van der Waals surface area (Å²) in [5.74, 6) is -0.0331. The largest absolute Gasteiger partial charge is 0.486 e. The van der Waals surface area contributed by atoms with Crippen LogP contribution < -0.4 is 10.5 Å². The van der Waals surface area contributed by atoms with Gasteiger partial charge in [0.25, 0.3) is 0 Å². The topological polar surface area (TPSA) is 111 Å². The molecule has 0 unspecified atom stereocenters. The maximum absolute atomic E-state index is 11.1. The fourth-order valence-electron chi connectivity index (χ4n) is 1.72. The zero-order valence-corrected chi connectivity index (χ0v) is 11.7. The Labute approximate surface area is 124 Å². The molecule has 0 bridgehead atoms. The molecule has 0 aliphatic heterocycles. The number of nitrogens with zero attached hydrogens (tertiary/aromatic N) is 2. The van der Waals surface area contributed by atoms with Crippen molar-refractivity contribution in [3.8, 4) is 5.75 Å². The Balaban J connectivity index is 2.13. The highest BCUT2D eigenvalue weighted by molar-refractivity contribution is 7.09. The number of ether oxygens (including phenoxy) is 1. The summed E-state index contributed by atoms with van der Waals surface area (Å²) in [5, 5.41) is 24.4. The molecule has 21 heavy (non-hydrogen) atoms. The number of nitro benzene ring substituents is 1. The molecule has 1 aromatic carbocycles. The van der Waals surface area contributed by atoms with Crippen molar-refractivity contribution in [2.45, 2.75) is 6.42 Å². The fourth-order valence-corrected chi connectivity index (χ4v) is 2.41. The van der Waals surface area contributed by atoms with Crippen molar-refractivity contribution >= 4 is 22.9 Å². The van der Waals surface area contributed by atoms with E-state index in [1.54, 1.807) is 11.3 Å². The van der Waals surface area contributed by atoms with Crippen LogP contribution in [0.4, 0.5) is 5.69 Å². The van der Waals surface area contributed by atoms with Gasteiger partial charge in [0.15, 0.2) is 11.6 Å². The minimum atomic E-state index is -0.561. The Hall–Kier alpha value is -2.61. The smallest absolute Gasteiger partial charge is 0.311 e. The van der Waals surface area contributed by atoms with E-state index in [1.807, 2.05) is 17.5 Å². The number of rotatable bonds is 6. The molecule has 110 valence electrons. The third-order valence-corrected chi connectivity index (χ3v) is 3.68. The molecule has 3 N–H and O–H groups in total. The minimum absolute atomic E-state index is 0.158. The second-order valence-corrected chi connectivity index (χ2v) is 5.13. The molecule has 0 fully saturated rings. The molecule has 7 nitrogen and oxygen atoms in total. The van der Waals surface area contributed by atoms with Gasteiger partial charge in [0.2, 0.25) is 0 Å². The van der Waals surface area contributed by atoms with E-state index in [-0.39, 0.29) is 22.8 Å². The fraction of sp³-hybridized carbons (Fsp3) is 0.154. The second kappa shape index (κ2) is 6.71. The first-order valence-corrected chi connectivity index (χ1v) is 6.91. The molecule has 0 saturated carbocycles. The molecule has 0 aliphatic rings. The highest BCUT2D eigenvalue weighted by Gasteiger charge is 2.17. The summed E-state index contributed by atoms with van der Waals surface area (Å²) < 4.78 is 5.46. The standard InChI is InChI=1S/C13H13N3O4S/c14-13(15-17)9-3-4-12(11(8-9)16(18)19)20-6-5-10-2-1-7-21-10/h1-4,7-8,17H,5-6H2,(H2,14,15). The molecule has 8 heteroatoms. The lowest BCUT2D eigenvalue weighted by molar-refractivity contribution is -0.385. The number of nitrogens with two attached hydrogens (primary N) is 1. The summed E-state index contributed by atoms with van der Waals surface area (Å²) in [6.07, 6.45) is 0.677. The van der Waals surface area contributed by atoms with Gasteiger partial charge >= 0.3 is 5.69 Å². The molecule has 0 saturated heterocycles. The van der Waals surface area contributed by atoms with E-state index < -0.39 is 4.92 Å². The third-order valence-electron chi connectivity index (χ3n) is 2.75. The number of hydrogen-bond donors (Lipinski definition) is 2. The van der Waals surface area contributed by atoms with Gasteiger partial charge in [0.05, 0.1) is 11.5 Å². The van der Waals surface area contributed by atoms with E-state index in [9.17, 15) is 10.1 Å². The molecule has 2 rings (SSSR count). The molecule has 0 amide bonds. The molecule has 0 aliphatic carbocycles. The monoisotopic (exact) mass is 307 g/mol. The van der Waals surface area contributed by atoms with Crippen molar-refractivity contribution in [3.63, 3.8) is 0 Å². The van der Waals surface area contributed by atoms with Crippen LogP contribution in [-0.2, 0) is 6.42 Å². The molecule has 0 radical (unpaired) electrons. The van der Waals surface area contributed by atoms with Gasteiger partial charge < -0.3 is 15.7 Å². The van der Waals surface area contributed by atoms with Crippen LogP contribution in [0.1, 0.15) is 10.4 Å². The summed E-state index contributed by atoms with van der Waals surface area (Å²) >= 11 is 1.60. The van der Waals surface area contributed by atoms with Gasteiger partial charge in [0.1, 0.15) is 0 Å². The van der Waals surface area contributed by atoms with Crippen molar-refractivity contribution in [2.75, 3.05) is 6.61 Å². The summed E-state index contributed by atoms with van der Waals surface area (Å²) in [5.41, 5.74) is 5.46. The number of nitro groups is 1. The van der Waals surface area contributed by atoms with Crippen LogP contribution in [0.15, 0.2) is 40.9 Å². The predicted molar refractivity (Wildman–Crippen MR) is 79.1 cm³/mol. The number of amidine groups is 1. The Morgan fingerprint density at radius 3 is 2.90 bits per heavy atom. The van der Waals surface area contributed by atoms with Crippen LogP contribution in [0.2, 0.25) is 0 Å². The lowest BCUT2D eigenvalue weighted by Crippen LogP contribution is -2.13. The molecule has 2 aromatic rings. The van der Waals surface area contributed by atoms with Gasteiger partial charge in [-0.2, -0.15) is 0 Å². The van der Waals surface area contributed by atoms with Crippen molar-refractivity contribution in [3.05, 3.63) is 56.3 Å². The normalized spacial score (nSPS) is 11.3. The second-order valence-electron chi connectivity index (χ2n) is 4.10. The predicted octanol–water partition coefficient (Wildman–Crippen LogP) is 2.37. The highest BCUT2D eigenvalue weighted by Crippen LogP contribution is 2.28. The van der Waals surface area contributed by atoms with E-state index in [0.717, 1.165) is 4.88 Å². The lowest BCUT2D eigenvalue weighted by Gasteiger charge is -2.07. The van der Waals surface area contributed by atoms with Crippen molar-refractivity contribution in [1.29, 1.82) is 0 Å². The van der Waals surface area contributed by atoms with Crippen molar-refractivity contribution in [2.24, 2.45) is 10.9 Å². The quantitative estimate of drug-likeness (QED) is 0.280. The molecular formula is C13H13N3O4S. The Morgan fingerprint density at radius 2 is 2.29 bits per heavy atom. The van der Waals surface area contributed by atoms with Crippen LogP contribution >= 0.6 is 11.3 Å². The van der Waals surface area contributed by atoms with Gasteiger partial charge in [-0.3, -0.25) is 10.1 Å². The van der Waals surface area contributed by atoms with E-state index in [4.69, 9.17) is 15.7 Å². The number of hydrogen-bond acceptors (Lipinski definition) is 6. The summed E-state index contributed by atoms with van der Waals surface area (Å²) in [6.45, 7) is 0.338. The minimum Gasteiger partial charge on any atom is -0.486 e. The number of oxime groups is 1. The first kappa shape index (κ1) is 14.8. The number of thiophene rings is 1. The van der Waals surface area contributed by atoms with Crippen molar-refractivity contribution in [1.82, 2.24) is 0 Å². The van der Waals surface area contributed by atoms with Crippen LogP contribution in [0, 0.1) is 10.1 Å². The van der Waals surface area contributed by atoms with E-state index in [1.165, 1.54) is 18.2 Å². The highest BCUT2D eigenvalue weighted by atomic mass is 32.1. The summed E-state index contributed by atoms with van der Waals surface area (Å²) in [6, 6.07) is 8.08. The third kappa shape index (κ3) is 3.69. The zero-order valence-electron chi connectivity index (χ0n) is 10.9. The van der Waals surface area contributed by atoms with E-state index in [0.29, 0.717) is 13.0 Å². The molecule has 1 aromatic heterocycles. The Kier molecular flexibility index (Phi) is 4.72. The van der Waals surface area contributed by atoms with Crippen LogP contribution in [-0.4, -0.2) is 22.6 Å². The maximum Gasteiger partial charge on any atom is 0.311 e. The van der Waals surface area contributed by atoms with Gasteiger partial charge in [-0.05, 0) is 23.6 Å². The Morgan fingerprint density at radius 1 is 1.48 bits per heavy atom. The lowest BCUT2D eigenvalue weighted by atomic mass is 10.1. The first-order chi connectivity index (χ1) is 10.1. The van der Waals surface area contributed by atoms with Gasteiger partial charge in [-0.15, -0.1) is 11.3 Å². The summed E-state index contributed by atoms with van der Waals surface area (Å²) in [4.78, 5) is 11.6. The average molecular weight is 307 g/mol. The molecular weight excluding hydrogens is 294 g/mol. The van der Waals surface area contributed by atoms with Crippen LogP contribution in [0.3, 0.4) is 0 Å². The van der Waals surface area contributed by atoms with Crippen LogP contribution in [0.5, 0.6) is 5.75 Å². The first-order valence-electron chi connectivity index (χ1n) is 6.03.